The first-order chi connectivity index (χ1) is 11.0. The van der Waals surface area contributed by atoms with E-state index >= 15 is 0 Å². The van der Waals surface area contributed by atoms with Crippen LogP contribution in [0.5, 0.6) is 0 Å². The van der Waals surface area contributed by atoms with Gasteiger partial charge in [0.25, 0.3) is 0 Å². The molecule has 120 valence electrons. The van der Waals surface area contributed by atoms with Crippen LogP contribution in [0.2, 0.25) is 0 Å². The molecule has 5 nitrogen and oxygen atoms in total. The molecular weight excluding hydrogens is 323 g/mol. The highest BCUT2D eigenvalue weighted by Crippen LogP contribution is 2.40. The number of rotatable bonds is 4. The fourth-order valence-corrected chi connectivity index (χ4v) is 2.57. The second-order valence-corrected chi connectivity index (χ2v) is 4.90. The summed E-state index contributed by atoms with van der Waals surface area (Å²) in [7, 11) is 0. The molecule has 0 fully saturated rings. The Bertz CT molecular complexity index is 737. The number of hydrogen-bond donors (Lipinski definition) is 1. The molecule has 1 aromatic carbocycles. The normalized spacial score (nSPS) is 17.6. The van der Waals surface area contributed by atoms with Crippen molar-refractivity contribution in [3.05, 3.63) is 58.4 Å². The third-order valence-electron chi connectivity index (χ3n) is 3.33. The number of ether oxygens (including phenoxy) is 2. The number of nitrogens with zero attached hydrogens (tertiary/aromatic N) is 1. The molecule has 0 amide bonds. The maximum atomic E-state index is 14.2. The van der Waals surface area contributed by atoms with Crippen LogP contribution < -0.4 is 5.73 Å². The number of benzene rings is 1. The predicted octanol–water partition coefficient (Wildman–Crippen LogP) is 2.69. The molecule has 0 aromatic heterocycles. The zero-order valence-electron chi connectivity index (χ0n) is 12.3. The first kappa shape index (κ1) is 16.8. The van der Waals surface area contributed by atoms with Gasteiger partial charge in [-0.25, -0.2) is 9.18 Å². The molecule has 1 aliphatic rings. The van der Waals surface area contributed by atoms with E-state index in [0.717, 1.165) is 0 Å². The van der Waals surface area contributed by atoms with E-state index < -0.39 is 17.7 Å². The van der Waals surface area contributed by atoms with Crippen LogP contribution in [0.25, 0.3) is 0 Å². The van der Waals surface area contributed by atoms with Gasteiger partial charge in [-0.2, -0.15) is 5.26 Å². The fourth-order valence-electron chi connectivity index (χ4n) is 2.37. The number of allylic oxidation sites excluding steroid dienone is 2. The van der Waals surface area contributed by atoms with Gasteiger partial charge in [0.15, 0.2) is 0 Å². The van der Waals surface area contributed by atoms with E-state index in [9.17, 15) is 14.4 Å². The largest absolute Gasteiger partial charge is 0.463 e. The topological polar surface area (TPSA) is 85.3 Å². The van der Waals surface area contributed by atoms with Crippen molar-refractivity contribution in [3.8, 4) is 6.07 Å². The zero-order chi connectivity index (χ0) is 17.0. The zero-order valence-corrected chi connectivity index (χ0v) is 13.1. The van der Waals surface area contributed by atoms with E-state index in [1.54, 1.807) is 13.0 Å². The number of alkyl halides is 1. The molecule has 1 aromatic rings. The molecule has 2 N–H and O–H groups in total. The Balaban J connectivity index is 2.69. The molecule has 7 heteroatoms. The summed E-state index contributed by atoms with van der Waals surface area (Å²) in [5.74, 6) is -2.65. The van der Waals surface area contributed by atoms with Crippen molar-refractivity contribution in [2.24, 2.45) is 5.73 Å². The number of carbonyl (C=O) groups excluding carboxylic acids is 1. The highest BCUT2D eigenvalue weighted by Gasteiger charge is 2.38. The second-order valence-electron chi connectivity index (χ2n) is 4.64. The number of carbonyl (C=O) groups is 1. The molecular formula is C16H14ClFN2O3. The van der Waals surface area contributed by atoms with E-state index in [4.69, 9.17) is 26.8 Å². The van der Waals surface area contributed by atoms with Gasteiger partial charge in [0.1, 0.15) is 23.2 Å². The summed E-state index contributed by atoms with van der Waals surface area (Å²) in [6, 6.07) is 7.69. The minimum Gasteiger partial charge on any atom is -0.463 e. The highest BCUT2D eigenvalue weighted by atomic mass is 35.5. The molecule has 0 aliphatic carbocycles. The van der Waals surface area contributed by atoms with Gasteiger partial charge >= 0.3 is 5.97 Å². The molecule has 1 heterocycles. The van der Waals surface area contributed by atoms with Gasteiger partial charge in [0.2, 0.25) is 5.88 Å². The Morgan fingerprint density at radius 2 is 2.22 bits per heavy atom. The summed E-state index contributed by atoms with van der Waals surface area (Å²) in [5, 5.41) is 9.37. The third-order valence-corrected chi connectivity index (χ3v) is 3.57. The van der Waals surface area contributed by atoms with Gasteiger partial charge in [0.05, 0.1) is 24.0 Å². The Morgan fingerprint density at radius 3 is 2.78 bits per heavy atom. The van der Waals surface area contributed by atoms with Crippen LogP contribution in [0.3, 0.4) is 0 Å². The van der Waals surface area contributed by atoms with E-state index in [1.807, 2.05) is 6.07 Å². The SMILES string of the molecule is CCOC(=O)C1=C(CCl)OC(N)=C(C#N)C1c1ccccc1F. The van der Waals surface area contributed by atoms with Crippen molar-refractivity contribution in [1.82, 2.24) is 0 Å². The van der Waals surface area contributed by atoms with Crippen molar-refractivity contribution in [1.29, 1.82) is 5.26 Å². The van der Waals surface area contributed by atoms with Crippen molar-refractivity contribution in [2.75, 3.05) is 12.5 Å². The lowest BCUT2D eigenvalue weighted by molar-refractivity contribution is -0.139. The van der Waals surface area contributed by atoms with Crippen molar-refractivity contribution in [2.45, 2.75) is 12.8 Å². The van der Waals surface area contributed by atoms with E-state index in [0.29, 0.717) is 0 Å². The molecule has 23 heavy (non-hydrogen) atoms. The molecule has 1 aliphatic heterocycles. The standard InChI is InChI=1S/C16H14ClFN2O3/c1-2-22-16(21)14-12(7-17)23-15(20)10(8-19)13(14)9-5-3-4-6-11(9)18/h3-6,13H,2,7,20H2,1H3. The molecule has 0 saturated carbocycles. The summed E-state index contributed by atoms with van der Waals surface area (Å²) in [5.41, 5.74) is 5.78. The minimum absolute atomic E-state index is 0.0160. The summed E-state index contributed by atoms with van der Waals surface area (Å²) in [6.07, 6.45) is 0. The lowest BCUT2D eigenvalue weighted by Gasteiger charge is -2.27. The van der Waals surface area contributed by atoms with Crippen molar-refractivity contribution < 1.29 is 18.7 Å². The van der Waals surface area contributed by atoms with Gasteiger partial charge in [-0.3, -0.25) is 0 Å². The monoisotopic (exact) mass is 336 g/mol. The summed E-state index contributed by atoms with van der Waals surface area (Å²) in [6.45, 7) is 1.75. The average molecular weight is 337 g/mol. The molecule has 0 radical (unpaired) electrons. The number of hydrogen-bond acceptors (Lipinski definition) is 5. The van der Waals surface area contributed by atoms with Crippen LogP contribution in [0, 0.1) is 17.1 Å². The quantitative estimate of drug-likeness (QED) is 0.675. The minimum atomic E-state index is -1.03. The molecule has 0 saturated heterocycles. The van der Waals surface area contributed by atoms with Crippen LogP contribution in [-0.2, 0) is 14.3 Å². The van der Waals surface area contributed by atoms with Gasteiger partial charge in [-0.05, 0) is 13.0 Å². The van der Waals surface area contributed by atoms with E-state index in [-0.39, 0.29) is 40.8 Å². The number of nitrogens with two attached hydrogens (primary N) is 1. The lowest BCUT2D eigenvalue weighted by atomic mass is 9.83. The van der Waals surface area contributed by atoms with Crippen molar-refractivity contribution in [3.63, 3.8) is 0 Å². The first-order valence-corrected chi connectivity index (χ1v) is 7.36. The fraction of sp³-hybridized carbons (Fsp3) is 0.250. The lowest BCUT2D eigenvalue weighted by Crippen LogP contribution is -2.27. The predicted molar refractivity (Wildman–Crippen MR) is 81.4 cm³/mol. The van der Waals surface area contributed by atoms with E-state index in [2.05, 4.69) is 0 Å². The van der Waals surface area contributed by atoms with Gasteiger partial charge < -0.3 is 15.2 Å². The Morgan fingerprint density at radius 1 is 1.52 bits per heavy atom. The number of esters is 1. The molecule has 0 bridgehead atoms. The molecule has 1 unspecified atom stereocenters. The van der Waals surface area contributed by atoms with Crippen LogP contribution >= 0.6 is 11.6 Å². The molecule has 2 rings (SSSR count). The van der Waals surface area contributed by atoms with Crippen LogP contribution in [0.1, 0.15) is 18.4 Å². The smallest absolute Gasteiger partial charge is 0.338 e. The maximum absolute atomic E-state index is 14.2. The summed E-state index contributed by atoms with van der Waals surface area (Å²) < 4.78 is 24.5. The first-order valence-electron chi connectivity index (χ1n) is 6.83. The molecule has 1 atom stereocenters. The third kappa shape index (κ3) is 3.15. The average Bonchev–Trinajstić information content (AvgIpc) is 2.54. The van der Waals surface area contributed by atoms with Crippen LogP contribution in [-0.4, -0.2) is 18.5 Å². The second kappa shape index (κ2) is 7.16. The van der Waals surface area contributed by atoms with Gasteiger partial charge in [0, 0.05) is 5.56 Å². The summed E-state index contributed by atoms with van der Waals surface area (Å²) >= 11 is 5.82. The Labute approximate surface area is 137 Å². The summed E-state index contributed by atoms with van der Waals surface area (Å²) in [4.78, 5) is 12.3. The number of halogens is 2. The van der Waals surface area contributed by atoms with Crippen molar-refractivity contribution >= 4 is 17.6 Å². The van der Waals surface area contributed by atoms with Gasteiger partial charge in [-0.15, -0.1) is 11.6 Å². The van der Waals surface area contributed by atoms with Crippen LogP contribution in [0.4, 0.5) is 4.39 Å². The molecule has 0 spiro atoms. The Kier molecular flexibility index (Phi) is 5.24. The van der Waals surface area contributed by atoms with Gasteiger partial charge in [-0.1, -0.05) is 18.2 Å². The van der Waals surface area contributed by atoms with Crippen LogP contribution in [0.15, 0.2) is 47.1 Å². The maximum Gasteiger partial charge on any atom is 0.338 e. The Hall–Kier alpha value is -2.52. The number of nitriles is 1. The van der Waals surface area contributed by atoms with E-state index in [1.165, 1.54) is 18.2 Å². The highest BCUT2D eigenvalue weighted by molar-refractivity contribution is 6.19.